The van der Waals surface area contributed by atoms with Crippen LogP contribution in [0.1, 0.15) is 61.3 Å². The third-order valence-electron chi connectivity index (χ3n) is 4.05. The third-order valence-corrected chi connectivity index (χ3v) is 4.05. The summed E-state index contributed by atoms with van der Waals surface area (Å²) in [5.74, 6) is 0.352. The molecule has 1 heterocycles. The monoisotopic (exact) mass is 286 g/mol. The first-order valence-electron chi connectivity index (χ1n) is 7.28. The van der Waals surface area contributed by atoms with Gasteiger partial charge in [0.15, 0.2) is 5.78 Å². The average molecular weight is 286 g/mol. The standard InChI is InChI=1S/C16H18N2O3/c1-3-13(16(20)21)18-14-7-6-11(9(2)19)8-12(14)17-15(18)10-4-5-10/h6-8,10,13H,3-5H2,1-2H3,(H,20,21). The number of Topliss-reactive ketones (excluding diaryl/α,β-unsaturated/α-hetero) is 1. The summed E-state index contributed by atoms with van der Waals surface area (Å²) in [6.45, 7) is 3.39. The van der Waals surface area contributed by atoms with Crippen molar-refractivity contribution in [2.45, 2.75) is 45.1 Å². The highest BCUT2D eigenvalue weighted by Gasteiger charge is 2.33. The number of imidazole rings is 1. The normalized spacial score (nSPS) is 16.1. The highest BCUT2D eigenvalue weighted by molar-refractivity contribution is 5.97. The highest BCUT2D eigenvalue weighted by Crippen LogP contribution is 2.42. The van der Waals surface area contributed by atoms with E-state index >= 15 is 0 Å². The number of fused-ring (bicyclic) bond motifs is 1. The molecule has 1 unspecified atom stereocenters. The largest absolute Gasteiger partial charge is 0.480 e. The maximum atomic E-state index is 11.5. The number of benzene rings is 1. The summed E-state index contributed by atoms with van der Waals surface area (Å²) in [7, 11) is 0. The minimum absolute atomic E-state index is 0.00954. The van der Waals surface area contributed by atoms with Crippen molar-refractivity contribution in [1.29, 1.82) is 0 Å². The topological polar surface area (TPSA) is 72.2 Å². The molecule has 1 aliphatic carbocycles. The maximum absolute atomic E-state index is 11.5. The van der Waals surface area contributed by atoms with Crippen LogP contribution in [-0.2, 0) is 4.79 Å². The van der Waals surface area contributed by atoms with E-state index in [0.717, 1.165) is 24.2 Å². The third kappa shape index (κ3) is 2.33. The number of hydrogen-bond donors (Lipinski definition) is 1. The Morgan fingerprint density at radius 3 is 2.67 bits per heavy atom. The lowest BCUT2D eigenvalue weighted by Gasteiger charge is -2.16. The van der Waals surface area contributed by atoms with Crippen LogP contribution in [0.3, 0.4) is 0 Å². The van der Waals surface area contributed by atoms with E-state index in [1.807, 2.05) is 17.6 Å². The number of carboxylic acids is 1. The summed E-state index contributed by atoms with van der Waals surface area (Å²) in [6, 6.07) is 4.72. The SMILES string of the molecule is CCC(C(=O)O)n1c(C2CC2)nc2cc(C(C)=O)ccc21. The molecular formula is C16H18N2O3. The molecule has 0 spiro atoms. The Balaban J connectivity index is 2.22. The number of aromatic nitrogens is 2. The zero-order valence-corrected chi connectivity index (χ0v) is 12.2. The van der Waals surface area contributed by atoms with Gasteiger partial charge in [-0.25, -0.2) is 9.78 Å². The second kappa shape index (κ2) is 4.98. The van der Waals surface area contributed by atoms with Gasteiger partial charge < -0.3 is 9.67 Å². The molecule has 3 rings (SSSR count). The van der Waals surface area contributed by atoms with Gasteiger partial charge in [0.25, 0.3) is 0 Å². The number of aliphatic carboxylic acids is 1. The Kier molecular flexibility index (Phi) is 3.27. The Hall–Kier alpha value is -2.17. The highest BCUT2D eigenvalue weighted by atomic mass is 16.4. The number of carbonyl (C=O) groups excluding carboxylic acids is 1. The van der Waals surface area contributed by atoms with Crippen molar-refractivity contribution in [3.63, 3.8) is 0 Å². The predicted molar refractivity (Wildman–Crippen MR) is 78.7 cm³/mol. The van der Waals surface area contributed by atoms with Crippen molar-refractivity contribution in [2.75, 3.05) is 0 Å². The molecule has 0 amide bonds. The Morgan fingerprint density at radius 1 is 1.43 bits per heavy atom. The first-order valence-corrected chi connectivity index (χ1v) is 7.28. The number of rotatable bonds is 5. The molecule has 0 aliphatic heterocycles. The van der Waals surface area contributed by atoms with E-state index in [-0.39, 0.29) is 5.78 Å². The van der Waals surface area contributed by atoms with Crippen LogP contribution in [0.5, 0.6) is 0 Å². The molecule has 1 fully saturated rings. The molecule has 110 valence electrons. The second-order valence-electron chi connectivity index (χ2n) is 5.64. The van der Waals surface area contributed by atoms with Crippen LogP contribution in [0.4, 0.5) is 0 Å². The fourth-order valence-electron chi connectivity index (χ4n) is 2.76. The molecule has 0 saturated heterocycles. The number of hydrogen-bond acceptors (Lipinski definition) is 3. The summed E-state index contributed by atoms with van der Waals surface area (Å²) in [5.41, 5.74) is 2.12. The van der Waals surface area contributed by atoms with E-state index < -0.39 is 12.0 Å². The van der Waals surface area contributed by atoms with Gasteiger partial charge in [-0.15, -0.1) is 0 Å². The van der Waals surface area contributed by atoms with E-state index in [0.29, 0.717) is 23.4 Å². The lowest BCUT2D eigenvalue weighted by Crippen LogP contribution is -2.20. The predicted octanol–water partition coefficient (Wildman–Crippen LogP) is 3.15. The summed E-state index contributed by atoms with van der Waals surface area (Å²) < 4.78 is 1.85. The van der Waals surface area contributed by atoms with Gasteiger partial charge >= 0.3 is 5.97 Å². The summed E-state index contributed by atoms with van der Waals surface area (Å²) >= 11 is 0. The molecule has 0 radical (unpaired) electrons. The lowest BCUT2D eigenvalue weighted by atomic mass is 10.1. The van der Waals surface area contributed by atoms with E-state index in [9.17, 15) is 14.7 Å². The molecule has 1 atom stereocenters. The first-order chi connectivity index (χ1) is 10.0. The summed E-state index contributed by atoms with van der Waals surface area (Å²) in [5, 5.41) is 9.47. The molecule has 1 aromatic heterocycles. The Morgan fingerprint density at radius 2 is 2.14 bits per heavy atom. The zero-order chi connectivity index (χ0) is 15.1. The number of carboxylic acid groups (broad SMARTS) is 1. The van der Waals surface area contributed by atoms with Gasteiger partial charge in [-0.1, -0.05) is 6.92 Å². The molecule has 0 bridgehead atoms. The smallest absolute Gasteiger partial charge is 0.326 e. The Labute approximate surface area is 122 Å². The first kappa shape index (κ1) is 13.8. The van der Waals surface area contributed by atoms with Gasteiger partial charge in [0.2, 0.25) is 0 Å². The lowest BCUT2D eigenvalue weighted by molar-refractivity contribution is -0.140. The maximum Gasteiger partial charge on any atom is 0.326 e. The average Bonchev–Trinajstić information content (AvgIpc) is 3.21. The van der Waals surface area contributed by atoms with Gasteiger partial charge in [0, 0.05) is 11.5 Å². The van der Waals surface area contributed by atoms with Crippen molar-refractivity contribution in [2.24, 2.45) is 0 Å². The molecular weight excluding hydrogens is 268 g/mol. The minimum Gasteiger partial charge on any atom is -0.480 e. The molecule has 1 aliphatic rings. The molecule has 5 heteroatoms. The number of carbonyl (C=O) groups is 2. The minimum atomic E-state index is -0.839. The van der Waals surface area contributed by atoms with Gasteiger partial charge in [-0.2, -0.15) is 0 Å². The zero-order valence-electron chi connectivity index (χ0n) is 12.2. The van der Waals surface area contributed by atoms with Crippen LogP contribution in [0.25, 0.3) is 11.0 Å². The number of ketones is 1. The van der Waals surface area contributed by atoms with Gasteiger partial charge in [0.1, 0.15) is 11.9 Å². The molecule has 5 nitrogen and oxygen atoms in total. The van der Waals surface area contributed by atoms with E-state index in [1.165, 1.54) is 6.92 Å². The van der Waals surface area contributed by atoms with E-state index in [1.54, 1.807) is 12.1 Å². The van der Waals surface area contributed by atoms with E-state index in [4.69, 9.17) is 0 Å². The Bertz CT molecular complexity index is 728. The van der Waals surface area contributed by atoms with E-state index in [2.05, 4.69) is 4.98 Å². The van der Waals surface area contributed by atoms with Gasteiger partial charge in [-0.3, -0.25) is 4.79 Å². The van der Waals surface area contributed by atoms with Crippen LogP contribution >= 0.6 is 0 Å². The molecule has 1 saturated carbocycles. The van der Waals surface area contributed by atoms with Crippen LogP contribution in [-0.4, -0.2) is 26.4 Å². The fourth-order valence-corrected chi connectivity index (χ4v) is 2.76. The van der Waals surface area contributed by atoms with Crippen molar-refractivity contribution >= 4 is 22.8 Å². The summed E-state index contributed by atoms with van der Waals surface area (Å²) in [4.78, 5) is 27.7. The van der Waals surface area contributed by atoms with Crippen LogP contribution in [0.2, 0.25) is 0 Å². The molecule has 21 heavy (non-hydrogen) atoms. The molecule has 1 N–H and O–H groups in total. The quantitative estimate of drug-likeness (QED) is 0.857. The van der Waals surface area contributed by atoms with Crippen molar-refractivity contribution in [3.05, 3.63) is 29.6 Å². The van der Waals surface area contributed by atoms with Crippen molar-refractivity contribution in [3.8, 4) is 0 Å². The van der Waals surface area contributed by atoms with Gasteiger partial charge in [0.05, 0.1) is 11.0 Å². The number of nitrogens with zero attached hydrogens (tertiary/aromatic N) is 2. The van der Waals surface area contributed by atoms with Crippen LogP contribution in [0.15, 0.2) is 18.2 Å². The van der Waals surface area contributed by atoms with Crippen molar-refractivity contribution < 1.29 is 14.7 Å². The molecule has 2 aromatic rings. The van der Waals surface area contributed by atoms with Crippen LogP contribution < -0.4 is 0 Å². The van der Waals surface area contributed by atoms with Gasteiger partial charge in [-0.05, 0) is 44.4 Å². The second-order valence-corrected chi connectivity index (χ2v) is 5.64. The van der Waals surface area contributed by atoms with Crippen LogP contribution in [0, 0.1) is 0 Å². The fraction of sp³-hybridized carbons (Fsp3) is 0.438. The van der Waals surface area contributed by atoms with Crippen molar-refractivity contribution in [1.82, 2.24) is 9.55 Å². The summed E-state index contributed by atoms with van der Waals surface area (Å²) in [6.07, 6.45) is 2.62. The molecule has 1 aromatic carbocycles.